The molecule has 0 radical (unpaired) electrons. The van der Waals surface area contributed by atoms with Crippen molar-refractivity contribution in [2.75, 3.05) is 72.9 Å². The van der Waals surface area contributed by atoms with E-state index in [1.165, 1.54) is 0 Å². The van der Waals surface area contributed by atoms with Crippen LogP contribution >= 0.6 is 11.6 Å². The standard InChI is InChI=1S/C37H43ClN10O4/c1-22-21-47(10-9-29(22)40-25-3-5-26-31(19-25)45(2)44-34(26)27-6-8-32(49)42-36(27)51)37-39-20-28(38)35(43-37)41-24-4-7-30-23(17-24)18-33(50)48(30)12-11-46-13-15-52-16-14-46/h3-5,7,17,19-20,22,27,29,40H,6,8-16,18,21H2,1-2H3,(H,39,41,43)(H,42,49,51)/t22-,27?,29-/m1/s1. The van der Waals surface area contributed by atoms with Gasteiger partial charge in [0.25, 0.3) is 0 Å². The number of carbonyl (C=O) groups is 3. The van der Waals surface area contributed by atoms with Gasteiger partial charge in [0.15, 0.2) is 5.82 Å². The molecule has 3 amide bonds. The Hall–Kier alpha value is -4.79. The monoisotopic (exact) mass is 726 g/mol. The molecule has 0 bridgehead atoms. The lowest BCUT2D eigenvalue weighted by Gasteiger charge is -2.37. The number of benzene rings is 2. The number of aromatic nitrogens is 4. The summed E-state index contributed by atoms with van der Waals surface area (Å²) in [5.74, 6) is 0.586. The number of hydrogen-bond acceptors (Lipinski definition) is 11. The van der Waals surface area contributed by atoms with E-state index in [9.17, 15) is 14.4 Å². The van der Waals surface area contributed by atoms with Crippen LogP contribution in [0.25, 0.3) is 10.9 Å². The van der Waals surface area contributed by atoms with Crippen LogP contribution in [-0.2, 0) is 32.6 Å². The fraction of sp³-hybridized carbons (Fsp3) is 0.459. The van der Waals surface area contributed by atoms with Crippen LogP contribution in [0.4, 0.5) is 28.8 Å². The Kier molecular flexibility index (Phi) is 9.45. The van der Waals surface area contributed by atoms with Crippen LogP contribution < -0.4 is 25.8 Å². The average molecular weight is 727 g/mol. The number of amides is 3. The van der Waals surface area contributed by atoms with Gasteiger partial charge in [-0.05, 0) is 60.7 Å². The number of nitrogens with one attached hydrogen (secondary N) is 3. The fourth-order valence-electron chi connectivity index (χ4n) is 7.85. The summed E-state index contributed by atoms with van der Waals surface area (Å²) in [6.45, 7) is 8.51. The Labute approximate surface area is 306 Å². The number of hydrogen-bond donors (Lipinski definition) is 3. The maximum atomic E-state index is 12.9. The molecule has 52 heavy (non-hydrogen) atoms. The second kappa shape index (κ2) is 14.3. The van der Waals surface area contributed by atoms with Gasteiger partial charge in [-0.15, -0.1) is 0 Å². The topological polar surface area (TPSA) is 150 Å². The summed E-state index contributed by atoms with van der Waals surface area (Å²) in [4.78, 5) is 53.0. The fourth-order valence-corrected chi connectivity index (χ4v) is 7.99. The van der Waals surface area contributed by atoms with Crippen LogP contribution in [0.15, 0.2) is 42.6 Å². The first kappa shape index (κ1) is 34.3. The summed E-state index contributed by atoms with van der Waals surface area (Å²) in [5, 5.41) is 15.6. The number of imide groups is 1. The molecular weight excluding hydrogens is 684 g/mol. The van der Waals surface area contributed by atoms with Crippen molar-refractivity contribution in [1.29, 1.82) is 0 Å². The molecule has 14 nitrogen and oxygen atoms in total. The summed E-state index contributed by atoms with van der Waals surface area (Å²) in [5.41, 5.74) is 5.39. The quantitative estimate of drug-likeness (QED) is 0.216. The van der Waals surface area contributed by atoms with Crippen LogP contribution in [-0.4, -0.2) is 101 Å². The highest BCUT2D eigenvalue weighted by molar-refractivity contribution is 6.33. The molecule has 3 atom stereocenters. The van der Waals surface area contributed by atoms with E-state index in [0.717, 1.165) is 85.9 Å². The third-order valence-electron chi connectivity index (χ3n) is 10.7. The molecule has 6 heterocycles. The number of anilines is 5. The minimum Gasteiger partial charge on any atom is -0.382 e. The third kappa shape index (κ3) is 6.89. The van der Waals surface area contributed by atoms with E-state index in [4.69, 9.17) is 21.3 Å². The third-order valence-corrected chi connectivity index (χ3v) is 11.0. The van der Waals surface area contributed by atoms with Gasteiger partial charge in [-0.3, -0.25) is 29.3 Å². The number of piperidine rings is 2. The van der Waals surface area contributed by atoms with E-state index in [0.29, 0.717) is 48.3 Å². The smallest absolute Gasteiger partial charge is 0.235 e. The van der Waals surface area contributed by atoms with Crippen LogP contribution in [0, 0.1) is 5.92 Å². The summed E-state index contributed by atoms with van der Waals surface area (Å²) in [6.07, 6.45) is 3.67. The maximum absolute atomic E-state index is 12.9. The molecule has 4 aromatic rings. The number of rotatable bonds is 9. The predicted molar refractivity (Wildman–Crippen MR) is 199 cm³/mol. The van der Waals surface area contributed by atoms with Gasteiger partial charge in [-0.2, -0.15) is 10.1 Å². The molecule has 15 heteroatoms. The molecule has 272 valence electrons. The molecule has 0 saturated carbocycles. The van der Waals surface area contributed by atoms with E-state index < -0.39 is 5.92 Å². The van der Waals surface area contributed by atoms with Crippen molar-refractivity contribution < 1.29 is 19.1 Å². The Morgan fingerprint density at radius 1 is 1.02 bits per heavy atom. The summed E-state index contributed by atoms with van der Waals surface area (Å²) < 4.78 is 7.26. The Bertz CT molecular complexity index is 2030. The maximum Gasteiger partial charge on any atom is 0.235 e. The number of halogens is 1. The first-order valence-electron chi connectivity index (χ1n) is 18.0. The molecule has 2 aromatic carbocycles. The van der Waals surface area contributed by atoms with Crippen molar-refractivity contribution in [1.82, 2.24) is 30.0 Å². The van der Waals surface area contributed by atoms with Gasteiger partial charge in [-0.25, -0.2) is 4.98 Å². The zero-order valence-electron chi connectivity index (χ0n) is 29.4. The molecule has 2 aromatic heterocycles. The van der Waals surface area contributed by atoms with Crippen LogP contribution in [0.5, 0.6) is 0 Å². The van der Waals surface area contributed by atoms with Crippen molar-refractivity contribution >= 4 is 69.1 Å². The molecule has 1 unspecified atom stereocenters. The van der Waals surface area contributed by atoms with E-state index >= 15 is 0 Å². The Morgan fingerprint density at radius 2 is 1.85 bits per heavy atom. The summed E-state index contributed by atoms with van der Waals surface area (Å²) >= 11 is 6.59. The van der Waals surface area contributed by atoms with E-state index in [-0.39, 0.29) is 29.7 Å². The second-order valence-corrected chi connectivity index (χ2v) is 14.6. The molecule has 4 aliphatic rings. The number of ether oxygens (including phenoxy) is 1. The van der Waals surface area contributed by atoms with Crippen LogP contribution in [0.3, 0.4) is 0 Å². The molecule has 3 N–H and O–H groups in total. The lowest BCUT2D eigenvalue weighted by atomic mass is 9.92. The molecule has 0 spiro atoms. The normalized spacial score (nSPS) is 22.5. The Balaban J connectivity index is 0.902. The van der Waals surface area contributed by atoms with Crippen molar-refractivity contribution in [3.05, 3.63) is 58.9 Å². The van der Waals surface area contributed by atoms with E-state index in [1.54, 1.807) is 10.9 Å². The molecule has 3 saturated heterocycles. The number of aryl methyl sites for hydroxylation is 1. The van der Waals surface area contributed by atoms with Gasteiger partial charge >= 0.3 is 0 Å². The van der Waals surface area contributed by atoms with Gasteiger partial charge in [0.2, 0.25) is 23.7 Å². The highest BCUT2D eigenvalue weighted by atomic mass is 35.5. The lowest BCUT2D eigenvalue weighted by Crippen LogP contribution is -2.46. The molecule has 4 aliphatic heterocycles. The van der Waals surface area contributed by atoms with E-state index in [2.05, 4.69) is 48.8 Å². The van der Waals surface area contributed by atoms with E-state index in [1.807, 2.05) is 42.3 Å². The number of fused-ring (bicyclic) bond motifs is 2. The van der Waals surface area contributed by atoms with Crippen molar-refractivity contribution in [2.24, 2.45) is 13.0 Å². The van der Waals surface area contributed by atoms with Gasteiger partial charge in [0, 0.05) is 81.2 Å². The first-order chi connectivity index (χ1) is 25.2. The first-order valence-corrected chi connectivity index (χ1v) is 18.4. The molecule has 0 aliphatic carbocycles. The SMILES string of the molecule is C[C@@H]1CN(c2ncc(Cl)c(Nc3ccc4c(c3)CC(=O)N4CCN3CCOCC3)n2)CC[C@H]1Nc1ccc2c(C3CCC(=O)NC3=O)nn(C)c2c1. The molecule has 8 rings (SSSR count). The zero-order chi connectivity index (χ0) is 35.9. The second-order valence-electron chi connectivity index (χ2n) is 14.2. The lowest BCUT2D eigenvalue weighted by molar-refractivity contribution is -0.134. The highest BCUT2D eigenvalue weighted by Gasteiger charge is 2.33. The minimum atomic E-state index is -0.434. The zero-order valence-corrected chi connectivity index (χ0v) is 30.2. The highest BCUT2D eigenvalue weighted by Crippen LogP contribution is 2.35. The van der Waals surface area contributed by atoms with Gasteiger partial charge in [0.05, 0.1) is 43.0 Å². The summed E-state index contributed by atoms with van der Waals surface area (Å²) in [6, 6.07) is 12.3. The summed E-state index contributed by atoms with van der Waals surface area (Å²) in [7, 11) is 1.88. The Morgan fingerprint density at radius 3 is 2.65 bits per heavy atom. The van der Waals surface area contributed by atoms with Crippen molar-refractivity contribution in [2.45, 2.75) is 44.6 Å². The minimum absolute atomic E-state index is 0.117. The van der Waals surface area contributed by atoms with Crippen LogP contribution in [0.2, 0.25) is 5.02 Å². The predicted octanol–water partition coefficient (Wildman–Crippen LogP) is 3.83. The van der Waals surface area contributed by atoms with Gasteiger partial charge in [0.1, 0.15) is 5.02 Å². The van der Waals surface area contributed by atoms with Crippen molar-refractivity contribution in [3.8, 4) is 0 Å². The molecule has 3 fully saturated rings. The largest absolute Gasteiger partial charge is 0.382 e. The number of carbonyl (C=O) groups excluding carboxylic acids is 3. The number of nitrogens with zero attached hydrogens (tertiary/aromatic N) is 7. The molecular formula is C37H43ClN10O4. The van der Waals surface area contributed by atoms with Crippen molar-refractivity contribution in [3.63, 3.8) is 0 Å². The average Bonchev–Trinajstić information content (AvgIpc) is 3.63. The number of morpholine rings is 1. The van der Waals surface area contributed by atoms with Crippen LogP contribution in [0.1, 0.15) is 43.4 Å². The van der Waals surface area contributed by atoms with Gasteiger partial charge < -0.3 is 25.2 Å². The van der Waals surface area contributed by atoms with Gasteiger partial charge in [-0.1, -0.05) is 18.5 Å².